The molecular formula is C20H20N2O4S. The lowest BCUT2D eigenvalue weighted by Gasteiger charge is -2.27. The number of carbonyl (C=O) groups excluding carboxylic acids is 1. The average molecular weight is 384 g/mol. The molecule has 1 aliphatic heterocycles. The zero-order valence-electron chi connectivity index (χ0n) is 15.0. The third-order valence-electron chi connectivity index (χ3n) is 4.82. The lowest BCUT2D eigenvalue weighted by Crippen LogP contribution is -2.37. The summed E-state index contributed by atoms with van der Waals surface area (Å²) in [4.78, 5) is 14.0. The monoisotopic (exact) mass is 384 g/mol. The maximum atomic E-state index is 13.4. The van der Waals surface area contributed by atoms with E-state index in [2.05, 4.69) is 0 Å². The van der Waals surface area contributed by atoms with E-state index in [1.54, 1.807) is 42.2 Å². The molecular weight excluding hydrogens is 364 g/mol. The van der Waals surface area contributed by atoms with Gasteiger partial charge >= 0.3 is 6.09 Å². The molecule has 3 aromatic rings. The van der Waals surface area contributed by atoms with E-state index >= 15 is 0 Å². The van der Waals surface area contributed by atoms with Crippen LogP contribution in [0.2, 0.25) is 0 Å². The second-order valence-electron chi connectivity index (χ2n) is 6.40. The first-order chi connectivity index (χ1) is 13.0. The lowest BCUT2D eigenvalue weighted by molar-refractivity contribution is 0.102. The van der Waals surface area contributed by atoms with Crippen LogP contribution in [0.5, 0.6) is 0 Å². The minimum Gasteiger partial charge on any atom is -0.450 e. The zero-order chi connectivity index (χ0) is 19.0. The highest BCUT2D eigenvalue weighted by molar-refractivity contribution is 7.90. The zero-order valence-corrected chi connectivity index (χ0v) is 15.8. The normalized spacial score (nSPS) is 14.2. The Bertz CT molecular complexity index is 1100. The number of rotatable bonds is 3. The smallest absolute Gasteiger partial charge is 0.410 e. The van der Waals surface area contributed by atoms with Crippen molar-refractivity contribution in [3.8, 4) is 0 Å². The van der Waals surface area contributed by atoms with Gasteiger partial charge in [0.15, 0.2) is 0 Å². The Morgan fingerprint density at radius 2 is 1.78 bits per heavy atom. The summed E-state index contributed by atoms with van der Waals surface area (Å²) in [6.07, 6.45) is 0.170. The van der Waals surface area contributed by atoms with Gasteiger partial charge in [0.25, 0.3) is 10.0 Å². The van der Waals surface area contributed by atoms with Gasteiger partial charge in [0.05, 0.1) is 29.3 Å². The second kappa shape index (κ2) is 6.74. The second-order valence-corrected chi connectivity index (χ2v) is 8.18. The largest absolute Gasteiger partial charge is 0.450 e. The van der Waals surface area contributed by atoms with Crippen molar-refractivity contribution >= 4 is 27.0 Å². The van der Waals surface area contributed by atoms with E-state index in [0.717, 1.165) is 10.9 Å². The molecule has 0 radical (unpaired) electrons. The van der Waals surface area contributed by atoms with Crippen molar-refractivity contribution in [2.45, 2.75) is 24.8 Å². The van der Waals surface area contributed by atoms with Crippen molar-refractivity contribution in [1.29, 1.82) is 0 Å². The fraction of sp³-hybridized carbons (Fsp3) is 0.250. The summed E-state index contributed by atoms with van der Waals surface area (Å²) in [5, 5.41) is 0.913. The van der Waals surface area contributed by atoms with Gasteiger partial charge in [-0.05, 0) is 37.1 Å². The number of benzene rings is 2. The number of ether oxygens (including phenoxy) is 1. The molecule has 0 unspecified atom stereocenters. The van der Waals surface area contributed by atoms with Gasteiger partial charge in [-0.2, -0.15) is 0 Å². The van der Waals surface area contributed by atoms with Crippen molar-refractivity contribution in [3.05, 3.63) is 65.9 Å². The van der Waals surface area contributed by atoms with Crippen LogP contribution in [-0.4, -0.2) is 36.5 Å². The van der Waals surface area contributed by atoms with Crippen molar-refractivity contribution in [2.75, 3.05) is 13.2 Å². The van der Waals surface area contributed by atoms with E-state index < -0.39 is 16.1 Å². The lowest BCUT2D eigenvalue weighted by atomic mass is 10.0. The van der Waals surface area contributed by atoms with Gasteiger partial charge in [-0.15, -0.1) is 0 Å². The summed E-state index contributed by atoms with van der Waals surface area (Å²) in [5.74, 6) is 0. The van der Waals surface area contributed by atoms with E-state index in [0.29, 0.717) is 24.2 Å². The molecule has 140 valence electrons. The predicted octanol–water partition coefficient (Wildman–Crippen LogP) is 3.39. The Morgan fingerprint density at radius 1 is 1.07 bits per heavy atom. The molecule has 1 aromatic heterocycles. The van der Waals surface area contributed by atoms with Gasteiger partial charge in [0.1, 0.15) is 0 Å². The standard InChI is InChI=1S/C20H20N2O4S/c1-2-26-20(23)21-13-12-17-16-10-6-7-11-18(16)22(19(17)14-21)27(24,25)15-8-4-3-5-9-15/h3-11H,2,12-14H2,1H3. The highest BCUT2D eigenvalue weighted by Crippen LogP contribution is 2.34. The molecule has 0 aliphatic carbocycles. The first-order valence-electron chi connectivity index (χ1n) is 8.87. The molecule has 4 rings (SSSR count). The van der Waals surface area contributed by atoms with Crippen LogP contribution in [0.15, 0.2) is 59.5 Å². The molecule has 1 aliphatic rings. The van der Waals surface area contributed by atoms with E-state index in [-0.39, 0.29) is 18.0 Å². The van der Waals surface area contributed by atoms with E-state index in [1.165, 1.54) is 3.97 Å². The summed E-state index contributed by atoms with van der Waals surface area (Å²) < 4.78 is 33.3. The van der Waals surface area contributed by atoms with Crippen molar-refractivity contribution in [1.82, 2.24) is 8.87 Å². The summed E-state index contributed by atoms with van der Waals surface area (Å²) >= 11 is 0. The molecule has 6 nitrogen and oxygen atoms in total. The number of amides is 1. The van der Waals surface area contributed by atoms with Crippen molar-refractivity contribution in [3.63, 3.8) is 0 Å². The average Bonchev–Trinajstić information content (AvgIpc) is 3.03. The Morgan fingerprint density at radius 3 is 2.52 bits per heavy atom. The molecule has 2 aromatic carbocycles. The number of nitrogens with zero attached hydrogens (tertiary/aromatic N) is 2. The van der Waals surface area contributed by atoms with Crippen LogP contribution in [-0.2, 0) is 27.7 Å². The molecule has 7 heteroatoms. The molecule has 0 bridgehead atoms. The fourth-order valence-corrected chi connectivity index (χ4v) is 5.21. The summed E-state index contributed by atoms with van der Waals surface area (Å²) in [7, 11) is -3.79. The molecule has 0 N–H and O–H groups in total. The van der Waals surface area contributed by atoms with Crippen molar-refractivity contribution < 1.29 is 17.9 Å². The maximum Gasteiger partial charge on any atom is 0.410 e. The van der Waals surface area contributed by atoms with Crippen LogP contribution in [0.4, 0.5) is 4.79 Å². The minimum atomic E-state index is -3.79. The van der Waals surface area contributed by atoms with Gasteiger partial charge in [-0.1, -0.05) is 36.4 Å². The fourth-order valence-electron chi connectivity index (χ4n) is 3.62. The number of para-hydroxylation sites is 1. The number of hydrogen-bond donors (Lipinski definition) is 0. The molecule has 2 heterocycles. The SMILES string of the molecule is CCOC(=O)N1CCc2c(n(S(=O)(=O)c3ccccc3)c3ccccc23)C1. The number of aromatic nitrogens is 1. The first-order valence-corrected chi connectivity index (χ1v) is 10.3. The Kier molecular flexibility index (Phi) is 4.39. The summed E-state index contributed by atoms with van der Waals surface area (Å²) in [5.41, 5.74) is 2.24. The molecule has 0 spiro atoms. The van der Waals surface area contributed by atoms with Gasteiger partial charge in [0.2, 0.25) is 0 Å². The van der Waals surface area contributed by atoms with Crippen LogP contribution in [0.25, 0.3) is 10.9 Å². The van der Waals surface area contributed by atoms with Crippen LogP contribution < -0.4 is 0 Å². The highest BCUT2D eigenvalue weighted by atomic mass is 32.2. The maximum absolute atomic E-state index is 13.4. The molecule has 27 heavy (non-hydrogen) atoms. The van der Waals surface area contributed by atoms with E-state index in [9.17, 15) is 13.2 Å². The minimum absolute atomic E-state index is 0.203. The molecule has 1 amide bonds. The summed E-state index contributed by atoms with van der Waals surface area (Å²) in [6, 6.07) is 15.8. The van der Waals surface area contributed by atoms with Crippen LogP contribution in [0, 0.1) is 0 Å². The number of fused-ring (bicyclic) bond motifs is 3. The van der Waals surface area contributed by atoms with Crippen LogP contribution >= 0.6 is 0 Å². The van der Waals surface area contributed by atoms with Gasteiger partial charge in [0, 0.05) is 11.9 Å². The van der Waals surface area contributed by atoms with Crippen LogP contribution in [0.3, 0.4) is 0 Å². The topological polar surface area (TPSA) is 68.6 Å². The highest BCUT2D eigenvalue weighted by Gasteiger charge is 2.32. The predicted molar refractivity (Wildman–Crippen MR) is 102 cm³/mol. The van der Waals surface area contributed by atoms with Crippen molar-refractivity contribution in [2.24, 2.45) is 0 Å². The molecule has 0 atom stereocenters. The van der Waals surface area contributed by atoms with E-state index in [1.807, 2.05) is 24.3 Å². The number of carbonyl (C=O) groups is 1. The first kappa shape index (κ1) is 17.6. The number of hydrogen-bond acceptors (Lipinski definition) is 4. The summed E-state index contributed by atoms with van der Waals surface area (Å²) in [6.45, 7) is 2.75. The van der Waals surface area contributed by atoms with E-state index in [4.69, 9.17) is 4.74 Å². The molecule has 0 saturated carbocycles. The molecule has 0 fully saturated rings. The Balaban J connectivity index is 1.92. The third kappa shape index (κ3) is 2.88. The van der Waals surface area contributed by atoms with Gasteiger partial charge < -0.3 is 9.64 Å². The van der Waals surface area contributed by atoms with Crippen LogP contribution in [0.1, 0.15) is 18.2 Å². The Hall–Kier alpha value is -2.80. The molecule has 0 saturated heterocycles. The van der Waals surface area contributed by atoms with Gasteiger partial charge in [-0.3, -0.25) is 0 Å². The van der Waals surface area contributed by atoms with Gasteiger partial charge in [-0.25, -0.2) is 17.2 Å². The quantitative estimate of drug-likeness (QED) is 0.694. The Labute approximate surface area is 158 Å². The third-order valence-corrected chi connectivity index (χ3v) is 6.59.